The number of anilines is 2. The number of aliphatic hydroxyl groups is 1. The third kappa shape index (κ3) is 7.77. The van der Waals surface area contributed by atoms with E-state index < -0.39 is 15.9 Å². The largest absolute Gasteiger partial charge is 0.393 e. The molecule has 0 spiro atoms. The maximum absolute atomic E-state index is 13.2. The van der Waals surface area contributed by atoms with Crippen LogP contribution in [0.4, 0.5) is 17.5 Å². The van der Waals surface area contributed by atoms with Gasteiger partial charge in [-0.15, -0.1) is 0 Å². The van der Waals surface area contributed by atoms with Crippen molar-refractivity contribution in [2.75, 3.05) is 56.6 Å². The van der Waals surface area contributed by atoms with E-state index >= 15 is 0 Å². The van der Waals surface area contributed by atoms with Crippen LogP contribution in [-0.4, -0.2) is 92.1 Å². The van der Waals surface area contributed by atoms with Crippen LogP contribution < -0.4 is 15.4 Å². The Balaban J connectivity index is 1.49. The van der Waals surface area contributed by atoms with E-state index in [9.17, 15) is 18.3 Å². The van der Waals surface area contributed by atoms with Crippen molar-refractivity contribution in [3.05, 3.63) is 36.0 Å². The number of ether oxygens (including phenoxy) is 1. The lowest BCUT2D eigenvalue weighted by Crippen LogP contribution is -2.39. The summed E-state index contributed by atoms with van der Waals surface area (Å²) in [5.41, 5.74) is 1.50. The Bertz CT molecular complexity index is 1220. The van der Waals surface area contributed by atoms with Crippen molar-refractivity contribution in [2.45, 2.75) is 43.6 Å². The SMILES string of the molecule is CCNS(=O)(=O)c1ccc(NC(=O)c2cnc(NCCN3CCOCC3)nc2N=C2CCC(O)CC2)cc1. The van der Waals surface area contributed by atoms with Gasteiger partial charge in [0.25, 0.3) is 5.91 Å². The summed E-state index contributed by atoms with van der Waals surface area (Å²) in [5, 5.41) is 15.8. The molecule has 1 aromatic heterocycles. The molecule has 1 aromatic carbocycles. The number of carbonyl (C=O) groups excluding carboxylic acids is 1. The van der Waals surface area contributed by atoms with Gasteiger partial charge in [0.05, 0.1) is 24.2 Å². The molecule has 4 N–H and O–H groups in total. The Morgan fingerprint density at radius 3 is 2.58 bits per heavy atom. The molecule has 1 amide bonds. The molecule has 2 fully saturated rings. The first-order chi connectivity index (χ1) is 18.3. The van der Waals surface area contributed by atoms with Crippen LogP contribution in [0.25, 0.3) is 0 Å². The monoisotopic (exact) mass is 545 g/mol. The highest BCUT2D eigenvalue weighted by Crippen LogP contribution is 2.24. The molecule has 1 aliphatic heterocycles. The first-order valence-electron chi connectivity index (χ1n) is 12.9. The van der Waals surface area contributed by atoms with Gasteiger partial charge in [0.1, 0.15) is 5.56 Å². The molecule has 206 valence electrons. The Labute approximate surface area is 223 Å². The smallest absolute Gasteiger partial charge is 0.261 e. The second-order valence-electron chi connectivity index (χ2n) is 9.20. The number of benzene rings is 1. The van der Waals surface area contributed by atoms with Gasteiger partial charge in [-0.25, -0.2) is 23.1 Å². The van der Waals surface area contributed by atoms with E-state index in [1.807, 2.05) is 0 Å². The number of sulfonamides is 1. The molecule has 1 aliphatic carbocycles. The zero-order valence-electron chi connectivity index (χ0n) is 21.5. The maximum atomic E-state index is 13.2. The molecule has 0 unspecified atom stereocenters. The topological polar surface area (TPSA) is 158 Å². The number of aliphatic hydroxyl groups excluding tert-OH is 1. The number of nitrogens with zero attached hydrogens (tertiary/aromatic N) is 4. The van der Waals surface area contributed by atoms with Crippen molar-refractivity contribution in [3.63, 3.8) is 0 Å². The second-order valence-corrected chi connectivity index (χ2v) is 11.0. The quantitative estimate of drug-likeness (QED) is 0.349. The van der Waals surface area contributed by atoms with E-state index in [1.165, 1.54) is 30.5 Å². The molecule has 38 heavy (non-hydrogen) atoms. The fourth-order valence-electron chi connectivity index (χ4n) is 4.24. The number of carbonyl (C=O) groups is 1. The van der Waals surface area contributed by atoms with Crippen LogP contribution in [0.3, 0.4) is 0 Å². The van der Waals surface area contributed by atoms with Gasteiger partial charge in [-0.1, -0.05) is 6.92 Å². The van der Waals surface area contributed by atoms with Crippen LogP contribution in [-0.2, 0) is 14.8 Å². The Kier molecular flexibility index (Phi) is 9.74. The van der Waals surface area contributed by atoms with Crippen LogP contribution in [0.1, 0.15) is 43.0 Å². The van der Waals surface area contributed by atoms with E-state index in [-0.39, 0.29) is 28.9 Å². The third-order valence-electron chi connectivity index (χ3n) is 6.38. The van der Waals surface area contributed by atoms with E-state index in [0.717, 1.165) is 38.6 Å². The van der Waals surface area contributed by atoms with Gasteiger partial charge in [0.2, 0.25) is 16.0 Å². The molecule has 2 aliphatic rings. The van der Waals surface area contributed by atoms with Gasteiger partial charge in [0.15, 0.2) is 5.82 Å². The minimum absolute atomic E-state index is 0.111. The van der Waals surface area contributed by atoms with Gasteiger partial charge in [-0.3, -0.25) is 9.69 Å². The van der Waals surface area contributed by atoms with Gasteiger partial charge < -0.3 is 20.5 Å². The average Bonchev–Trinajstić information content (AvgIpc) is 2.91. The minimum Gasteiger partial charge on any atom is -0.393 e. The zero-order chi connectivity index (χ0) is 27.0. The maximum Gasteiger partial charge on any atom is 0.261 e. The van der Waals surface area contributed by atoms with Crippen LogP contribution in [0.5, 0.6) is 0 Å². The fraction of sp³-hybridized carbons (Fsp3) is 0.520. The van der Waals surface area contributed by atoms with E-state index in [4.69, 9.17) is 4.74 Å². The van der Waals surface area contributed by atoms with Crippen molar-refractivity contribution in [3.8, 4) is 0 Å². The highest BCUT2D eigenvalue weighted by atomic mass is 32.2. The molecule has 0 radical (unpaired) electrons. The average molecular weight is 546 g/mol. The normalized spacial score (nSPS) is 18.7. The summed E-state index contributed by atoms with van der Waals surface area (Å²) in [6.07, 6.45) is 3.62. The van der Waals surface area contributed by atoms with Gasteiger partial charge in [-0.2, -0.15) is 4.98 Å². The summed E-state index contributed by atoms with van der Waals surface area (Å²) < 4.78 is 32.2. The fourth-order valence-corrected chi connectivity index (χ4v) is 5.28. The summed E-state index contributed by atoms with van der Waals surface area (Å²) in [6, 6.07) is 5.91. The van der Waals surface area contributed by atoms with Crippen molar-refractivity contribution < 1.29 is 23.1 Å². The molecule has 12 nitrogen and oxygen atoms in total. The molecule has 4 rings (SSSR count). The van der Waals surface area contributed by atoms with Crippen molar-refractivity contribution in [1.82, 2.24) is 19.6 Å². The number of aromatic nitrogens is 2. The highest BCUT2D eigenvalue weighted by Gasteiger charge is 2.20. The minimum atomic E-state index is -3.59. The molecule has 1 saturated heterocycles. The number of hydrogen-bond acceptors (Lipinski definition) is 10. The molecule has 0 atom stereocenters. The van der Waals surface area contributed by atoms with Gasteiger partial charge in [0, 0.05) is 50.3 Å². The van der Waals surface area contributed by atoms with Crippen LogP contribution in [0.15, 0.2) is 40.4 Å². The van der Waals surface area contributed by atoms with Gasteiger partial charge >= 0.3 is 0 Å². The number of amides is 1. The van der Waals surface area contributed by atoms with Crippen molar-refractivity contribution in [1.29, 1.82) is 0 Å². The first kappa shape index (κ1) is 28.0. The number of rotatable bonds is 10. The van der Waals surface area contributed by atoms with E-state index in [1.54, 1.807) is 6.92 Å². The predicted molar refractivity (Wildman–Crippen MR) is 145 cm³/mol. The third-order valence-corrected chi connectivity index (χ3v) is 7.94. The van der Waals surface area contributed by atoms with E-state index in [0.29, 0.717) is 43.9 Å². The molecule has 0 bridgehead atoms. The number of aliphatic imine (C=N–C) groups is 1. The van der Waals surface area contributed by atoms with E-state index in [2.05, 4.69) is 35.2 Å². The molecule has 13 heteroatoms. The van der Waals surface area contributed by atoms with Crippen LogP contribution >= 0.6 is 0 Å². The molecule has 2 heterocycles. The number of nitrogens with one attached hydrogen (secondary N) is 3. The molecular formula is C25H35N7O5S. The van der Waals surface area contributed by atoms with Crippen LogP contribution in [0.2, 0.25) is 0 Å². The first-order valence-corrected chi connectivity index (χ1v) is 14.4. The summed E-state index contributed by atoms with van der Waals surface area (Å²) in [6.45, 7) is 6.66. The lowest BCUT2D eigenvalue weighted by molar-refractivity contribution is 0.0398. The molecular weight excluding hydrogens is 510 g/mol. The number of morpholine rings is 1. The second kappa shape index (κ2) is 13.2. The van der Waals surface area contributed by atoms with Gasteiger partial charge in [-0.05, 0) is 49.9 Å². The Morgan fingerprint density at radius 1 is 1.18 bits per heavy atom. The summed E-state index contributed by atoms with van der Waals surface area (Å²) in [4.78, 5) is 29.1. The van der Waals surface area contributed by atoms with Crippen LogP contribution in [0, 0.1) is 0 Å². The number of hydrogen-bond donors (Lipinski definition) is 4. The summed E-state index contributed by atoms with van der Waals surface area (Å²) >= 11 is 0. The van der Waals surface area contributed by atoms with Crippen molar-refractivity contribution >= 4 is 39.1 Å². The standard InChI is InChI=1S/C25H35N7O5S/c1-2-28-38(35,36)21-9-5-19(6-10-21)30-24(34)22-17-27-25(26-11-12-32-13-15-37-16-14-32)31-23(22)29-18-3-7-20(33)8-4-18/h5-6,9-10,17,20,28,33H,2-4,7-8,11-16H2,1H3,(H,30,34)(H,26,27,31). The Morgan fingerprint density at radius 2 is 1.89 bits per heavy atom. The molecule has 2 aromatic rings. The lowest BCUT2D eigenvalue weighted by Gasteiger charge is -2.26. The zero-order valence-corrected chi connectivity index (χ0v) is 22.3. The Hall–Kier alpha value is -2.97. The highest BCUT2D eigenvalue weighted by molar-refractivity contribution is 7.89. The summed E-state index contributed by atoms with van der Waals surface area (Å²) in [7, 11) is -3.59. The lowest BCUT2D eigenvalue weighted by atomic mass is 9.96. The summed E-state index contributed by atoms with van der Waals surface area (Å²) in [5.74, 6) is 0.175. The molecule has 1 saturated carbocycles. The van der Waals surface area contributed by atoms with Crippen molar-refractivity contribution in [2.24, 2.45) is 4.99 Å². The predicted octanol–water partition coefficient (Wildman–Crippen LogP) is 1.78.